The van der Waals surface area contributed by atoms with Crippen LogP contribution in [0.5, 0.6) is 0 Å². The number of amides is 1. The van der Waals surface area contributed by atoms with Crippen molar-refractivity contribution in [3.8, 4) is 29.0 Å². The van der Waals surface area contributed by atoms with E-state index in [4.69, 9.17) is 0 Å². The summed E-state index contributed by atoms with van der Waals surface area (Å²) in [7, 11) is 0. The van der Waals surface area contributed by atoms with Gasteiger partial charge in [0, 0.05) is 24.2 Å². The summed E-state index contributed by atoms with van der Waals surface area (Å²) >= 11 is 1.30. The number of aromatic nitrogens is 7. The largest absolute Gasteiger partial charge is 0.296 e. The Morgan fingerprint density at radius 3 is 2.97 bits per heavy atom. The Kier molecular flexibility index (Phi) is 5.31. The van der Waals surface area contributed by atoms with Crippen molar-refractivity contribution in [1.29, 1.82) is 0 Å². The van der Waals surface area contributed by atoms with Crippen LogP contribution in [0.25, 0.3) is 17.2 Å². The predicted molar refractivity (Wildman–Crippen MR) is 107 cm³/mol. The molecule has 0 aliphatic heterocycles. The Labute approximate surface area is 169 Å². The molecule has 9 nitrogen and oxygen atoms in total. The molecule has 0 saturated heterocycles. The third-order valence-electron chi connectivity index (χ3n) is 3.68. The number of hydrogen-bond acceptors (Lipinski definition) is 8. The van der Waals surface area contributed by atoms with Crippen molar-refractivity contribution in [2.45, 2.75) is 13.3 Å². The minimum absolute atomic E-state index is 0.220. The first-order valence-corrected chi connectivity index (χ1v) is 9.53. The Bertz CT molecular complexity index is 1210. The van der Waals surface area contributed by atoms with Gasteiger partial charge >= 0.3 is 0 Å². The molecule has 0 saturated carbocycles. The van der Waals surface area contributed by atoms with Crippen LogP contribution in [-0.4, -0.2) is 40.8 Å². The fourth-order valence-corrected chi connectivity index (χ4v) is 3.09. The van der Waals surface area contributed by atoms with Gasteiger partial charge in [-0.3, -0.25) is 15.1 Å². The average molecular weight is 402 g/mol. The minimum atomic E-state index is -0.405. The summed E-state index contributed by atoms with van der Waals surface area (Å²) in [4.78, 5) is 29.7. The molecule has 4 rings (SSSR count). The quantitative estimate of drug-likeness (QED) is 0.522. The first kappa shape index (κ1) is 18.4. The van der Waals surface area contributed by atoms with E-state index in [1.165, 1.54) is 40.8 Å². The van der Waals surface area contributed by atoms with Gasteiger partial charge in [0.05, 0.1) is 18.1 Å². The van der Waals surface area contributed by atoms with Gasteiger partial charge in [-0.05, 0) is 18.1 Å². The van der Waals surface area contributed by atoms with Crippen LogP contribution in [0.2, 0.25) is 0 Å². The molecule has 4 aromatic heterocycles. The van der Waals surface area contributed by atoms with Crippen molar-refractivity contribution in [3.63, 3.8) is 0 Å². The van der Waals surface area contributed by atoms with Crippen molar-refractivity contribution >= 4 is 22.4 Å². The zero-order chi connectivity index (χ0) is 20.1. The normalized spacial score (nSPS) is 10.2. The number of anilines is 1. The fourth-order valence-electron chi connectivity index (χ4n) is 2.40. The van der Waals surface area contributed by atoms with E-state index in [0.29, 0.717) is 28.0 Å². The zero-order valence-electron chi connectivity index (χ0n) is 15.3. The van der Waals surface area contributed by atoms with Gasteiger partial charge in [0.1, 0.15) is 11.4 Å². The third kappa shape index (κ3) is 4.15. The SMILES string of the molecule is CCC#Cc1cccc(-c2csc(NC(=O)c3cnnn3-c3cnccn3)n2)n1. The lowest BCUT2D eigenvalue weighted by atomic mass is 10.2. The lowest BCUT2D eigenvalue weighted by molar-refractivity contribution is 0.101. The van der Waals surface area contributed by atoms with Crippen LogP contribution in [0.15, 0.2) is 48.4 Å². The lowest BCUT2D eigenvalue weighted by Crippen LogP contribution is -2.17. The standard InChI is InChI=1S/C19H14N8OS/c1-2-3-5-13-6-4-7-14(23-13)15-12-29-19(24-15)25-18(28)16-10-22-26-27(16)17-11-20-8-9-21-17/h4,6-12H,2H2,1H3,(H,24,25,28). The highest BCUT2D eigenvalue weighted by molar-refractivity contribution is 7.14. The second kappa shape index (κ2) is 8.37. The van der Waals surface area contributed by atoms with Crippen molar-refractivity contribution in [3.05, 3.63) is 59.8 Å². The molecule has 0 spiro atoms. The number of hydrogen-bond donors (Lipinski definition) is 1. The number of rotatable bonds is 4. The van der Waals surface area contributed by atoms with E-state index >= 15 is 0 Å². The zero-order valence-corrected chi connectivity index (χ0v) is 16.1. The van der Waals surface area contributed by atoms with Gasteiger partial charge in [-0.2, -0.15) is 4.68 Å². The second-order valence-corrected chi connectivity index (χ2v) is 6.51. The summed E-state index contributed by atoms with van der Waals surface area (Å²) in [6.45, 7) is 1.98. The number of thiazole rings is 1. The van der Waals surface area contributed by atoms with Crippen molar-refractivity contribution in [2.75, 3.05) is 5.32 Å². The van der Waals surface area contributed by atoms with Crippen LogP contribution in [0, 0.1) is 11.8 Å². The molecular weight excluding hydrogens is 388 g/mol. The Balaban J connectivity index is 1.53. The molecule has 1 N–H and O–H groups in total. The average Bonchev–Trinajstić information content (AvgIpc) is 3.43. The number of nitrogens with one attached hydrogen (secondary N) is 1. The van der Waals surface area contributed by atoms with Gasteiger partial charge in [0.2, 0.25) is 0 Å². The molecule has 0 atom stereocenters. The summed E-state index contributed by atoms with van der Waals surface area (Å²) in [5.41, 5.74) is 2.25. The maximum Gasteiger partial charge on any atom is 0.277 e. The van der Waals surface area contributed by atoms with Gasteiger partial charge in [-0.1, -0.05) is 24.1 Å². The molecule has 0 bridgehead atoms. The molecule has 0 unspecified atom stereocenters. The maximum atomic E-state index is 12.7. The van der Waals surface area contributed by atoms with E-state index in [-0.39, 0.29) is 5.69 Å². The topological polar surface area (TPSA) is 111 Å². The summed E-state index contributed by atoms with van der Waals surface area (Å²) in [6.07, 6.45) is 6.66. The van der Waals surface area contributed by atoms with E-state index < -0.39 is 5.91 Å². The first-order chi connectivity index (χ1) is 14.2. The predicted octanol–water partition coefficient (Wildman–Crippen LogP) is 2.59. The van der Waals surface area contributed by atoms with E-state index in [2.05, 4.69) is 47.4 Å². The highest BCUT2D eigenvalue weighted by atomic mass is 32.1. The summed E-state index contributed by atoms with van der Waals surface area (Å²) in [5, 5.41) is 12.7. The second-order valence-electron chi connectivity index (χ2n) is 5.65. The van der Waals surface area contributed by atoms with Crippen molar-refractivity contribution in [2.24, 2.45) is 0 Å². The van der Waals surface area contributed by atoms with Crippen molar-refractivity contribution < 1.29 is 4.79 Å². The Hall–Kier alpha value is -3.97. The van der Waals surface area contributed by atoms with Gasteiger partial charge in [-0.25, -0.2) is 15.0 Å². The van der Waals surface area contributed by atoms with Crippen LogP contribution in [-0.2, 0) is 0 Å². The highest BCUT2D eigenvalue weighted by Crippen LogP contribution is 2.24. The Morgan fingerprint density at radius 1 is 1.21 bits per heavy atom. The van der Waals surface area contributed by atoms with Crippen LogP contribution in [0.1, 0.15) is 29.5 Å². The molecule has 4 heterocycles. The van der Waals surface area contributed by atoms with Crippen molar-refractivity contribution in [1.82, 2.24) is 34.9 Å². The monoisotopic (exact) mass is 402 g/mol. The van der Waals surface area contributed by atoms with E-state index in [1.54, 1.807) is 0 Å². The van der Waals surface area contributed by atoms with Gasteiger partial charge in [-0.15, -0.1) is 16.4 Å². The molecule has 0 radical (unpaired) electrons. The molecule has 142 valence electrons. The molecule has 10 heteroatoms. The van der Waals surface area contributed by atoms with Gasteiger partial charge < -0.3 is 0 Å². The summed E-state index contributed by atoms with van der Waals surface area (Å²) < 4.78 is 1.31. The highest BCUT2D eigenvalue weighted by Gasteiger charge is 2.17. The van der Waals surface area contributed by atoms with Crippen LogP contribution < -0.4 is 5.32 Å². The number of nitrogens with zero attached hydrogens (tertiary/aromatic N) is 7. The lowest BCUT2D eigenvalue weighted by Gasteiger charge is -2.04. The maximum absolute atomic E-state index is 12.7. The van der Waals surface area contributed by atoms with Crippen LogP contribution in [0.3, 0.4) is 0 Å². The molecule has 0 aliphatic carbocycles. The minimum Gasteiger partial charge on any atom is -0.296 e. The summed E-state index contributed by atoms with van der Waals surface area (Å²) in [5.74, 6) is 5.99. The molecule has 1 amide bonds. The molecule has 0 aliphatic rings. The third-order valence-corrected chi connectivity index (χ3v) is 4.44. The van der Waals surface area contributed by atoms with Gasteiger partial charge in [0.25, 0.3) is 5.91 Å². The van der Waals surface area contributed by atoms with Gasteiger partial charge in [0.15, 0.2) is 16.6 Å². The molecule has 4 aromatic rings. The van der Waals surface area contributed by atoms with E-state index in [1.807, 2.05) is 30.5 Å². The molecular formula is C19H14N8OS. The summed E-state index contributed by atoms with van der Waals surface area (Å²) in [6, 6.07) is 5.58. The van der Waals surface area contributed by atoms with Crippen LogP contribution >= 0.6 is 11.3 Å². The molecule has 0 fully saturated rings. The number of carbonyl (C=O) groups excluding carboxylic acids is 1. The fraction of sp³-hybridized carbons (Fsp3) is 0.105. The number of carbonyl (C=O) groups is 1. The van der Waals surface area contributed by atoms with E-state index in [0.717, 1.165) is 6.42 Å². The molecule has 0 aromatic carbocycles. The van der Waals surface area contributed by atoms with Crippen LogP contribution in [0.4, 0.5) is 5.13 Å². The Morgan fingerprint density at radius 2 is 2.14 bits per heavy atom. The first-order valence-electron chi connectivity index (χ1n) is 8.65. The molecule has 29 heavy (non-hydrogen) atoms. The smallest absolute Gasteiger partial charge is 0.277 e. The van der Waals surface area contributed by atoms with E-state index in [9.17, 15) is 4.79 Å². The number of pyridine rings is 1.